The SMILES string of the molecule is CCc1sc2nc(C)n(Cc3cccc(F)c3)c(=O)c2c1-c1ccc(Cl)c(C)c1. The minimum Gasteiger partial charge on any atom is -0.292 e. The smallest absolute Gasteiger partial charge is 0.263 e. The molecule has 3 nitrogen and oxygen atoms in total. The molecule has 0 aliphatic carbocycles. The molecule has 0 atom stereocenters. The summed E-state index contributed by atoms with van der Waals surface area (Å²) in [4.78, 5) is 20.1. The molecule has 0 amide bonds. The van der Waals surface area contributed by atoms with Crippen LogP contribution in [-0.4, -0.2) is 9.55 Å². The largest absolute Gasteiger partial charge is 0.292 e. The quantitative estimate of drug-likeness (QED) is 0.392. The predicted octanol–water partition coefficient (Wildman–Crippen LogP) is 6.15. The molecule has 0 unspecified atom stereocenters. The van der Waals surface area contributed by atoms with E-state index in [0.29, 0.717) is 16.2 Å². The van der Waals surface area contributed by atoms with E-state index in [4.69, 9.17) is 16.6 Å². The summed E-state index contributed by atoms with van der Waals surface area (Å²) in [5, 5.41) is 1.32. The Kier molecular flexibility index (Phi) is 5.28. The number of benzene rings is 2. The highest BCUT2D eigenvalue weighted by Crippen LogP contribution is 2.38. The minimum absolute atomic E-state index is 0.102. The molecule has 0 aliphatic rings. The maximum Gasteiger partial charge on any atom is 0.263 e. The van der Waals surface area contributed by atoms with Gasteiger partial charge >= 0.3 is 0 Å². The molecule has 29 heavy (non-hydrogen) atoms. The van der Waals surface area contributed by atoms with Crippen molar-refractivity contribution in [1.82, 2.24) is 9.55 Å². The molecule has 0 bridgehead atoms. The summed E-state index contributed by atoms with van der Waals surface area (Å²) in [7, 11) is 0. The third-order valence-electron chi connectivity index (χ3n) is 5.07. The maximum atomic E-state index is 13.6. The lowest BCUT2D eigenvalue weighted by molar-refractivity contribution is 0.621. The molecule has 4 rings (SSSR count). The lowest BCUT2D eigenvalue weighted by Gasteiger charge is -2.11. The summed E-state index contributed by atoms with van der Waals surface area (Å²) in [5.74, 6) is 0.304. The van der Waals surface area contributed by atoms with E-state index in [1.807, 2.05) is 38.1 Å². The Morgan fingerprint density at radius 2 is 1.97 bits per heavy atom. The van der Waals surface area contributed by atoms with Gasteiger partial charge in [-0.25, -0.2) is 9.37 Å². The number of aromatic nitrogens is 2. The summed E-state index contributed by atoms with van der Waals surface area (Å²) >= 11 is 7.77. The van der Waals surface area contributed by atoms with Crippen LogP contribution in [0.15, 0.2) is 47.3 Å². The van der Waals surface area contributed by atoms with Crippen molar-refractivity contribution in [2.45, 2.75) is 33.7 Å². The average molecular weight is 427 g/mol. The van der Waals surface area contributed by atoms with E-state index >= 15 is 0 Å². The van der Waals surface area contributed by atoms with Crippen LogP contribution in [0.1, 0.15) is 28.8 Å². The standard InChI is InChI=1S/C23H20ClFN2OS/c1-4-19-20(16-8-9-18(24)13(2)10-16)21-22(29-19)26-14(3)27(23(21)28)12-15-6-5-7-17(25)11-15/h5-11H,4,12H2,1-3H3. The topological polar surface area (TPSA) is 34.9 Å². The monoisotopic (exact) mass is 426 g/mol. The van der Waals surface area contributed by atoms with Crippen LogP contribution in [0.3, 0.4) is 0 Å². The second-order valence-electron chi connectivity index (χ2n) is 7.08. The molecular weight excluding hydrogens is 407 g/mol. The highest BCUT2D eigenvalue weighted by molar-refractivity contribution is 7.19. The molecule has 0 fully saturated rings. The number of fused-ring (bicyclic) bond motifs is 1. The van der Waals surface area contributed by atoms with Gasteiger partial charge in [-0.05, 0) is 61.2 Å². The maximum absolute atomic E-state index is 13.6. The lowest BCUT2D eigenvalue weighted by Crippen LogP contribution is -2.24. The summed E-state index contributed by atoms with van der Waals surface area (Å²) < 4.78 is 15.2. The van der Waals surface area contributed by atoms with Gasteiger partial charge in [-0.1, -0.05) is 36.7 Å². The second kappa shape index (κ2) is 7.73. The van der Waals surface area contributed by atoms with Crippen molar-refractivity contribution in [2.24, 2.45) is 0 Å². The Labute approximate surface area is 177 Å². The zero-order valence-corrected chi connectivity index (χ0v) is 18.0. The van der Waals surface area contributed by atoms with Crippen LogP contribution in [0.2, 0.25) is 5.02 Å². The van der Waals surface area contributed by atoms with Gasteiger partial charge in [0.15, 0.2) is 0 Å². The third-order valence-corrected chi connectivity index (χ3v) is 6.73. The summed E-state index contributed by atoms with van der Waals surface area (Å²) in [6.45, 7) is 6.13. The van der Waals surface area contributed by atoms with Crippen molar-refractivity contribution in [1.29, 1.82) is 0 Å². The molecule has 2 aromatic carbocycles. The van der Waals surface area contributed by atoms with Gasteiger partial charge in [0, 0.05) is 15.5 Å². The van der Waals surface area contributed by atoms with Crippen LogP contribution in [0.5, 0.6) is 0 Å². The number of thiophene rings is 1. The van der Waals surface area contributed by atoms with Gasteiger partial charge in [-0.3, -0.25) is 9.36 Å². The third kappa shape index (κ3) is 3.61. The van der Waals surface area contributed by atoms with Crippen LogP contribution in [0.25, 0.3) is 21.3 Å². The molecule has 2 heterocycles. The van der Waals surface area contributed by atoms with Crippen molar-refractivity contribution in [3.05, 3.63) is 85.5 Å². The number of rotatable bonds is 4. The van der Waals surface area contributed by atoms with E-state index in [1.165, 1.54) is 12.1 Å². The minimum atomic E-state index is -0.316. The summed E-state index contributed by atoms with van der Waals surface area (Å²) in [6, 6.07) is 12.1. The van der Waals surface area contributed by atoms with Gasteiger partial charge in [-0.2, -0.15) is 0 Å². The molecular formula is C23H20ClFN2OS. The zero-order chi connectivity index (χ0) is 20.7. The fourth-order valence-corrected chi connectivity index (χ4v) is 4.88. The molecule has 0 radical (unpaired) electrons. The molecule has 6 heteroatoms. The zero-order valence-electron chi connectivity index (χ0n) is 16.4. The normalized spacial score (nSPS) is 11.3. The second-order valence-corrected chi connectivity index (χ2v) is 8.57. The van der Waals surface area contributed by atoms with Crippen LogP contribution in [-0.2, 0) is 13.0 Å². The van der Waals surface area contributed by atoms with Crippen molar-refractivity contribution in [3.63, 3.8) is 0 Å². The average Bonchev–Trinajstić information content (AvgIpc) is 3.06. The molecule has 0 saturated heterocycles. The molecule has 2 aromatic heterocycles. The Morgan fingerprint density at radius 1 is 1.17 bits per heavy atom. The fourth-order valence-electron chi connectivity index (χ4n) is 3.59. The summed E-state index contributed by atoms with van der Waals surface area (Å²) in [5.41, 5.74) is 3.49. The number of aryl methyl sites for hydroxylation is 3. The molecule has 0 spiro atoms. The highest BCUT2D eigenvalue weighted by atomic mass is 35.5. The Balaban J connectivity index is 1.96. The van der Waals surface area contributed by atoms with Gasteiger partial charge in [0.2, 0.25) is 0 Å². The predicted molar refractivity (Wildman–Crippen MR) is 119 cm³/mol. The number of hydrogen-bond donors (Lipinski definition) is 0. The van der Waals surface area contributed by atoms with E-state index < -0.39 is 0 Å². The van der Waals surface area contributed by atoms with E-state index in [-0.39, 0.29) is 17.9 Å². The van der Waals surface area contributed by atoms with Crippen molar-refractivity contribution in [3.8, 4) is 11.1 Å². The van der Waals surface area contributed by atoms with Crippen molar-refractivity contribution >= 4 is 33.2 Å². The van der Waals surface area contributed by atoms with Gasteiger partial charge < -0.3 is 0 Å². The van der Waals surface area contributed by atoms with E-state index in [9.17, 15) is 9.18 Å². The first kappa shape index (κ1) is 19.8. The van der Waals surface area contributed by atoms with E-state index in [0.717, 1.165) is 38.4 Å². The van der Waals surface area contributed by atoms with Crippen LogP contribution >= 0.6 is 22.9 Å². The number of nitrogens with zero attached hydrogens (tertiary/aromatic N) is 2. The van der Waals surface area contributed by atoms with E-state index in [1.54, 1.807) is 22.0 Å². The Bertz CT molecular complexity index is 1290. The first-order valence-corrected chi connectivity index (χ1v) is 10.6. The highest BCUT2D eigenvalue weighted by Gasteiger charge is 2.20. The van der Waals surface area contributed by atoms with Gasteiger partial charge in [0.05, 0.1) is 11.9 Å². The Hall–Kier alpha value is -2.50. The van der Waals surface area contributed by atoms with Crippen LogP contribution in [0.4, 0.5) is 4.39 Å². The van der Waals surface area contributed by atoms with Gasteiger partial charge in [-0.15, -0.1) is 11.3 Å². The van der Waals surface area contributed by atoms with Crippen molar-refractivity contribution < 1.29 is 4.39 Å². The number of halogens is 2. The first-order chi connectivity index (χ1) is 13.9. The molecule has 4 aromatic rings. The lowest BCUT2D eigenvalue weighted by atomic mass is 10.0. The molecule has 148 valence electrons. The first-order valence-electron chi connectivity index (χ1n) is 9.42. The molecule has 0 saturated carbocycles. The molecule has 0 N–H and O–H groups in total. The Morgan fingerprint density at radius 3 is 2.66 bits per heavy atom. The van der Waals surface area contributed by atoms with Gasteiger partial charge in [0.25, 0.3) is 5.56 Å². The van der Waals surface area contributed by atoms with Gasteiger partial charge in [0.1, 0.15) is 16.5 Å². The summed E-state index contributed by atoms with van der Waals surface area (Å²) in [6.07, 6.45) is 0.806. The fraction of sp³-hybridized carbons (Fsp3) is 0.217. The molecule has 0 aliphatic heterocycles. The van der Waals surface area contributed by atoms with E-state index in [2.05, 4.69) is 6.92 Å². The van der Waals surface area contributed by atoms with Crippen molar-refractivity contribution in [2.75, 3.05) is 0 Å². The van der Waals surface area contributed by atoms with Crippen LogP contribution < -0.4 is 5.56 Å². The van der Waals surface area contributed by atoms with Crippen LogP contribution in [0, 0.1) is 19.7 Å². The number of hydrogen-bond acceptors (Lipinski definition) is 3.